The molecule has 1 aliphatic rings. The van der Waals surface area contributed by atoms with Crippen molar-refractivity contribution >= 4 is 5.91 Å². The van der Waals surface area contributed by atoms with E-state index in [2.05, 4.69) is 33.0 Å². The third-order valence-corrected chi connectivity index (χ3v) is 4.47. The van der Waals surface area contributed by atoms with E-state index >= 15 is 0 Å². The molecule has 116 valence electrons. The molecular weight excluding hydrogens is 262 g/mol. The van der Waals surface area contributed by atoms with E-state index in [0.717, 1.165) is 24.3 Å². The number of hydrogen-bond acceptors (Lipinski definition) is 2. The summed E-state index contributed by atoms with van der Waals surface area (Å²) in [6.07, 6.45) is 0.774. The minimum Gasteiger partial charge on any atom is -0.492 e. The second kappa shape index (κ2) is 6.97. The smallest absolute Gasteiger partial charge is 0.226 e. The molecule has 1 aliphatic heterocycles. The van der Waals surface area contributed by atoms with Crippen LogP contribution in [0.3, 0.4) is 0 Å². The van der Waals surface area contributed by atoms with Crippen LogP contribution < -0.4 is 10.1 Å². The molecule has 1 heterocycles. The number of benzene rings is 1. The Balaban J connectivity index is 1.90. The second-order valence-electron chi connectivity index (χ2n) is 6.72. The van der Waals surface area contributed by atoms with Gasteiger partial charge in [0, 0.05) is 6.54 Å². The summed E-state index contributed by atoms with van der Waals surface area (Å²) in [5.41, 5.74) is 1.13. The molecule has 0 saturated heterocycles. The van der Waals surface area contributed by atoms with E-state index in [-0.39, 0.29) is 11.8 Å². The van der Waals surface area contributed by atoms with Crippen LogP contribution >= 0.6 is 0 Å². The maximum absolute atomic E-state index is 12.4. The average Bonchev–Trinajstić information content (AvgIpc) is 2.46. The molecule has 1 amide bonds. The van der Waals surface area contributed by atoms with E-state index in [1.54, 1.807) is 0 Å². The zero-order valence-electron chi connectivity index (χ0n) is 13.6. The number of para-hydroxylation sites is 1. The van der Waals surface area contributed by atoms with Gasteiger partial charge >= 0.3 is 0 Å². The fourth-order valence-corrected chi connectivity index (χ4v) is 3.10. The van der Waals surface area contributed by atoms with Crippen LogP contribution in [-0.4, -0.2) is 19.1 Å². The molecular formula is C18H27NO2. The zero-order valence-corrected chi connectivity index (χ0v) is 13.6. The van der Waals surface area contributed by atoms with Gasteiger partial charge in [0.15, 0.2) is 0 Å². The lowest BCUT2D eigenvalue weighted by Crippen LogP contribution is -2.41. The number of ether oxygens (including phenoxy) is 1. The lowest BCUT2D eigenvalue weighted by atomic mass is 9.85. The van der Waals surface area contributed by atoms with Crippen molar-refractivity contribution in [3.63, 3.8) is 0 Å². The largest absolute Gasteiger partial charge is 0.492 e. The summed E-state index contributed by atoms with van der Waals surface area (Å²) in [6, 6.07) is 7.97. The van der Waals surface area contributed by atoms with Crippen molar-refractivity contribution in [1.82, 2.24) is 5.32 Å². The lowest BCUT2D eigenvalue weighted by molar-refractivity contribution is -0.126. The highest BCUT2D eigenvalue weighted by Crippen LogP contribution is 2.27. The first kappa shape index (κ1) is 15.9. The number of rotatable bonds is 5. The summed E-state index contributed by atoms with van der Waals surface area (Å²) in [7, 11) is 0. The van der Waals surface area contributed by atoms with Gasteiger partial charge in [0.2, 0.25) is 5.91 Å². The van der Waals surface area contributed by atoms with Crippen LogP contribution in [0.1, 0.15) is 33.3 Å². The maximum Gasteiger partial charge on any atom is 0.226 e. The van der Waals surface area contributed by atoms with Gasteiger partial charge in [-0.25, -0.2) is 0 Å². The van der Waals surface area contributed by atoms with E-state index in [4.69, 9.17) is 4.74 Å². The molecule has 0 radical (unpaired) electrons. The van der Waals surface area contributed by atoms with Crippen molar-refractivity contribution in [1.29, 1.82) is 0 Å². The molecule has 0 aliphatic carbocycles. The molecule has 3 heteroatoms. The average molecular weight is 289 g/mol. The number of fused-ring (bicyclic) bond motifs is 1. The molecule has 2 rings (SSSR count). The Morgan fingerprint density at radius 2 is 1.90 bits per heavy atom. The quantitative estimate of drug-likeness (QED) is 0.903. The van der Waals surface area contributed by atoms with Gasteiger partial charge < -0.3 is 10.1 Å². The third-order valence-electron chi connectivity index (χ3n) is 4.47. The normalized spacial score (nSPS) is 17.8. The Hall–Kier alpha value is -1.51. The molecule has 0 spiro atoms. The predicted octanol–water partition coefficient (Wildman–Crippen LogP) is 3.28. The number of carbonyl (C=O) groups excluding carboxylic acids is 1. The zero-order chi connectivity index (χ0) is 15.4. The van der Waals surface area contributed by atoms with Gasteiger partial charge in [-0.2, -0.15) is 0 Å². The Morgan fingerprint density at radius 1 is 1.24 bits per heavy atom. The van der Waals surface area contributed by atoms with Crippen LogP contribution in [0, 0.1) is 23.7 Å². The SMILES string of the molecule is CC(C)C(CNC(=O)C1COc2ccccc2C1)C(C)C. The van der Waals surface area contributed by atoms with Crippen LogP contribution in [0.15, 0.2) is 24.3 Å². The fourth-order valence-electron chi connectivity index (χ4n) is 3.10. The van der Waals surface area contributed by atoms with Gasteiger partial charge in [-0.05, 0) is 35.8 Å². The number of nitrogens with one attached hydrogen (secondary N) is 1. The van der Waals surface area contributed by atoms with Crippen LogP contribution in [0.4, 0.5) is 0 Å². The molecule has 1 unspecified atom stereocenters. The Labute approximate surface area is 128 Å². The first-order valence-electron chi connectivity index (χ1n) is 7.97. The molecule has 0 saturated carbocycles. The topological polar surface area (TPSA) is 38.3 Å². The number of hydrogen-bond donors (Lipinski definition) is 1. The lowest BCUT2D eigenvalue weighted by Gasteiger charge is -2.28. The highest BCUT2D eigenvalue weighted by Gasteiger charge is 2.27. The van der Waals surface area contributed by atoms with Gasteiger partial charge in [0.05, 0.1) is 5.92 Å². The molecule has 0 bridgehead atoms. The van der Waals surface area contributed by atoms with Crippen LogP contribution in [0.5, 0.6) is 5.75 Å². The van der Waals surface area contributed by atoms with Crippen molar-refractivity contribution in [3.8, 4) is 5.75 Å². The Bertz CT molecular complexity index is 474. The van der Waals surface area contributed by atoms with Crippen molar-refractivity contribution in [2.75, 3.05) is 13.2 Å². The fraction of sp³-hybridized carbons (Fsp3) is 0.611. The summed E-state index contributed by atoms with van der Waals surface area (Å²) in [4.78, 5) is 12.4. The van der Waals surface area contributed by atoms with Gasteiger partial charge in [-0.3, -0.25) is 4.79 Å². The number of carbonyl (C=O) groups is 1. The van der Waals surface area contributed by atoms with E-state index in [1.165, 1.54) is 0 Å². The Kier molecular flexibility index (Phi) is 5.27. The molecule has 1 aromatic rings. The predicted molar refractivity (Wildman–Crippen MR) is 85.3 cm³/mol. The van der Waals surface area contributed by atoms with E-state index < -0.39 is 0 Å². The van der Waals surface area contributed by atoms with Crippen molar-refractivity contribution in [2.45, 2.75) is 34.1 Å². The van der Waals surface area contributed by atoms with Crippen molar-refractivity contribution in [2.24, 2.45) is 23.7 Å². The standard InChI is InChI=1S/C18H27NO2/c1-12(2)16(13(3)4)10-19-18(20)15-9-14-7-5-6-8-17(14)21-11-15/h5-8,12-13,15-16H,9-11H2,1-4H3,(H,19,20). The minimum atomic E-state index is -0.0696. The molecule has 0 fully saturated rings. The molecule has 3 nitrogen and oxygen atoms in total. The van der Waals surface area contributed by atoms with Crippen LogP contribution in [-0.2, 0) is 11.2 Å². The molecule has 21 heavy (non-hydrogen) atoms. The molecule has 1 atom stereocenters. The summed E-state index contributed by atoms with van der Waals surface area (Å²) >= 11 is 0. The van der Waals surface area contributed by atoms with Crippen molar-refractivity contribution in [3.05, 3.63) is 29.8 Å². The summed E-state index contributed by atoms with van der Waals surface area (Å²) in [6.45, 7) is 10.1. The number of amides is 1. The third kappa shape index (κ3) is 3.99. The van der Waals surface area contributed by atoms with Crippen LogP contribution in [0.2, 0.25) is 0 Å². The first-order chi connectivity index (χ1) is 9.99. The van der Waals surface area contributed by atoms with Gasteiger partial charge in [0.25, 0.3) is 0 Å². The van der Waals surface area contributed by atoms with E-state index in [1.807, 2.05) is 24.3 Å². The van der Waals surface area contributed by atoms with E-state index in [9.17, 15) is 4.79 Å². The summed E-state index contributed by atoms with van der Waals surface area (Å²) in [5.74, 6) is 2.65. The Morgan fingerprint density at radius 3 is 2.57 bits per heavy atom. The highest BCUT2D eigenvalue weighted by molar-refractivity contribution is 5.79. The van der Waals surface area contributed by atoms with Gasteiger partial charge in [-0.15, -0.1) is 0 Å². The minimum absolute atomic E-state index is 0.0696. The summed E-state index contributed by atoms with van der Waals surface area (Å²) in [5, 5.41) is 3.13. The second-order valence-corrected chi connectivity index (χ2v) is 6.72. The van der Waals surface area contributed by atoms with Gasteiger partial charge in [0.1, 0.15) is 12.4 Å². The monoisotopic (exact) mass is 289 g/mol. The van der Waals surface area contributed by atoms with Crippen LogP contribution in [0.25, 0.3) is 0 Å². The van der Waals surface area contributed by atoms with Crippen molar-refractivity contribution < 1.29 is 9.53 Å². The molecule has 1 aromatic carbocycles. The van der Waals surface area contributed by atoms with Gasteiger partial charge in [-0.1, -0.05) is 45.9 Å². The molecule has 1 N–H and O–H groups in total. The maximum atomic E-state index is 12.4. The van der Waals surface area contributed by atoms with E-state index in [0.29, 0.717) is 24.4 Å². The first-order valence-corrected chi connectivity index (χ1v) is 7.97. The highest BCUT2D eigenvalue weighted by atomic mass is 16.5. The summed E-state index contributed by atoms with van der Waals surface area (Å²) < 4.78 is 5.70. The molecule has 0 aromatic heterocycles.